The minimum atomic E-state index is -2.94. The summed E-state index contributed by atoms with van der Waals surface area (Å²) >= 11 is 0. The lowest BCUT2D eigenvalue weighted by atomic mass is 10.1. The zero-order valence-electron chi connectivity index (χ0n) is 13.4. The molecule has 0 radical (unpaired) electrons. The Hall–Kier alpha value is -3.29. The molecule has 1 heterocycles. The molecule has 0 fully saturated rings. The Kier molecular flexibility index (Phi) is 5.21. The predicted octanol–water partition coefficient (Wildman–Crippen LogP) is 3.40. The summed E-state index contributed by atoms with van der Waals surface area (Å²) in [6.07, 6.45) is -0.133. The topological polar surface area (TPSA) is 78.6 Å². The van der Waals surface area contributed by atoms with Gasteiger partial charge in [-0.25, -0.2) is 0 Å². The van der Waals surface area contributed by atoms with E-state index in [1.807, 2.05) is 0 Å². The van der Waals surface area contributed by atoms with Crippen LogP contribution in [0.4, 0.5) is 8.78 Å². The summed E-state index contributed by atoms with van der Waals surface area (Å²) in [6.45, 7) is -3.41. The zero-order valence-corrected chi connectivity index (χ0v) is 13.4. The lowest BCUT2D eigenvalue weighted by Crippen LogP contribution is -2.16. The van der Waals surface area contributed by atoms with Crippen LogP contribution in [-0.2, 0) is 16.0 Å². The average molecular weight is 361 g/mol. The average Bonchev–Trinajstić information content (AvgIpc) is 3.03. The van der Waals surface area contributed by atoms with Gasteiger partial charge in [0.1, 0.15) is 11.4 Å². The smallest absolute Gasteiger partial charge is 0.387 e. The van der Waals surface area contributed by atoms with Crippen LogP contribution in [0.5, 0.6) is 5.75 Å². The molecular formula is C18H13F2NO5. The number of rotatable bonds is 7. The fourth-order valence-electron chi connectivity index (χ4n) is 2.30. The molecule has 3 rings (SSSR count). The Morgan fingerprint density at radius 3 is 2.54 bits per heavy atom. The number of fused-ring (bicyclic) bond motifs is 1. The number of alkyl halides is 2. The van der Waals surface area contributed by atoms with Gasteiger partial charge in [0.15, 0.2) is 18.0 Å². The summed E-state index contributed by atoms with van der Waals surface area (Å²) in [5.41, 5.74) is 1.19. The number of aromatic nitrogens is 1. The summed E-state index contributed by atoms with van der Waals surface area (Å²) < 4.78 is 38.4. The van der Waals surface area contributed by atoms with Crippen molar-refractivity contribution in [3.05, 3.63) is 59.8 Å². The molecule has 0 atom stereocenters. The van der Waals surface area contributed by atoms with Gasteiger partial charge in [0, 0.05) is 10.9 Å². The molecule has 0 amide bonds. The SMILES string of the molecule is O=C(Cc1noc2ccccc12)OCC(=O)c1ccc(OC(F)F)cc1. The van der Waals surface area contributed by atoms with E-state index in [0.717, 1.165) is 0 Å². The van der Waals surface area contributed by atoms with Crippen molar-refractivity contribution in [1.29, 1.82) is 0 Å². The van der Waals surface area contributed by atoms with E-state index >= 15 is 0 Å². The number of halogens is 2. The fourth-order valence-corrected chi connectivity index (χ4v) is 2.30. The summed E-state index contributed by atoms with van der Waals surface area (Å²) in [5, 5.41) is 4.52. The molecule has 6 nitrogen and oxygen atoms in total. The molecule has 0 bridgehead atoms. The molecule has 0 spiro atoms. The molecule has 26 heavy (non-hydrogen) atoms. The summed E-state index contributed by atoms with van der Waals surface area (Å²) in [7, 11) is 0. The van der Waals surface area contributed by atoms with E-state index in [0.29, 0.717) is 16.7 Å². The highest BCUT2D eigenvalue weighted by atomic mass is 19.3. The monoisotopic (exact) mass is 361 g/mol. The molecule has 0 N–H and O–H groups in total. The van der Waals surface area contributed by atoms with E-state index in [1.54, 1.807) is 24.3 Å². The molecule has 8 heteroatoms. The molecular weight excluding hydrogens is 348 g/mol. The van der Waals surface area contributed by atoms with Gasteiger partial charge in [0.25, 0.3) is 0 Å². The third-order valence-corrected chi connectivity index (χ3v) is 3.53. The molecule has 0 aliphatic heterocycles. The number of para-hydroxylation sites is 1. The van der Waals surface area contributed by atoms with Gasteiger partial charge < -0.3 is 14.0 Å². The quantitative estimate of drug-likeness (QED) is 0.474. The highest BCUT2D eigenvalue weighted by molar-refractivity contribution is 5.98. The van der Waals surface area contributed by atoms with Crippen LogP contribution in [0.15, 0.2) is 53.1 Å². The number of ketones is 1. The Bertz CT molecular complexity index is 921. The molecule has 0 aliphatic rings. The van der Waals surface area contributed by atoms with Crippen LogP contribution in [0.25, 0.3) is 11.0 Å². The van der Waals surface area contributed by atoms with E-state index in [9.17, 15) is 18.4 Å². The molecule has 0 unspecified atom stereocenters. The number of benzene rings is 2. The second-order valence-electron chi connectivity index (χ2n) is 5.29. The van der Waals surface area contributed by atoms with Crippen molar-refractivity contribution in [3.8, 4) is 5.75 Å². The van der Waals surface area contributed by atoms with Gasteiger partial charge in [-0.3, -0.25) is 9.59 Å². The number of hydrogen-bond acceptors (Lipinski definition) is 6. The lowest BCUT2D eigenvalue weighted by Gasteiger charge is -2.06. The van der Waals surface area contributed by atoms with Gasteiger partial charge in [0.05, 0.1) is 6.42 Å². The predicted molar refractivity (Wildman–Crippen MR) is 86.1 cm³/mol. The first-order valence-corrected chi connectivity index (χ1v) is 7.60. The zero-order chi connectivity index (χ0) is 18.5. The maximum absolute atomic E-state index is 12.1. The highest BCUT2D eigenvalue weighted by Crippen LogP contribution is 2.18. The Morgan fingerprint density at radius 2 is 1.81 bits per heavy atom. The van der Waals surface area contributed by atoms with E-state index < -0.39 is 25.0 Å². The number of carbonyl (C=O) groups excluding carboxylic acids is 2. The van der Waals surface area contributed by atoms with Gasteiger partial charge in [-0.05, 0) is 36.4 Å². The minimum Gasteiger partial charge on any atom is -0.457 e. The van der Waals surface area contributed by atoms with Gasteiger partial charge >= 0.3 is 12.6 Å². The fraction of sp³-hybridized carbons (Fsp3) is 0.167. The molecule has 0 aliphatic carbocycles. The van der Waals surface area contributed by atoms with Crippen molar-refractivity contribution < 1.29 is 32.4 Å². The second kappa shape index (κ2) is 7.73. The van der Waals surface area contributed by atoms with E-state index in [1.165, 1.54) is 24.3 Å². The van der Waals surface area contributed by atoms with Gasteiger partial charge in [0.2, 0.25) is 0 Å². The molecule has 0 saturated heterocycles. The van der Waals surface area contributed by atoms with Crippen molar-refractivity contribution in [2.24, 2.45) is 0 Å². The maximum atomic E-state index is 12.1. The minimum absolute atomic E-state index is 0.0635. The molecule has 1 aromatic heterocycles. The number of hydrogen-bond donors (Lipinski definition) is 0. The maximum Gasteiger partial charge on any atom is 0.387 e. The van der Waals surface area contributed by atoms with Crippen LogP contribution in [0.3, 0.4) is 0 Å². The first-order valence-electron chi connectivity index (χ1n) is 7.60. The second-order valence-corrected chi connectivity index (χ2v) is 5.29. The van der Waals surface area contributed by atoms with Crippen LogP contribution >= 0.6 is 0 Å². The molecule has 2 aromatic carbocycles. The normalized spacial score (nSPS) is 10.9. The van der Waals surface area contributed by atoms with E-state index in [-0.39, 0.29) is 17.7 Å². The van der Waals surface area contributed by atoms with Crippen LogP contribution < -0.4 is 4.74 Å². The van der Waals surface area contributed by atoms with Gasteiger partial charge in [-0.2, -0.15) is 8.78 Å². The highest BCUT2D eigenvalue weighted by Gasteiger charge is 2.15. The van der Waals surface area contributed by atoms with Crippen LogP contribution in [0.1, 0.15) is 16.1 Å². The van der Waals surface area contributed by atoms with Crippen LogP contribution in [0.2, 0.25) is 0 Å². The molecule has 0 saturated carbocycles. The van der Waals surface area contributed by atoms with Crippen molar-refractivity contribution in [2.75, 3.05) is 6.61 Å². The number of Topliss-reactive ketones (excluding diaryl/α,β-unsaturated/α-hetero) is 1. The lowest BCUT2D eigenvalue weighted by molar-refractivity contribution is -0.141. The van der Waals surface area contributed by atoms with Gasteiger partial charge in [-0.1, -0.05) is 17.3 Å². The Morgan fingerprint density at radius 1 is 1.08 bits per heavy atom. The van der Waals surface area contributed by atoms with Crippen molar-refractivity contribution >= 4 is 22.7 Å². The number of carbonyl (C=O) groups is 2. The van der Waals surface area contributed by atoms with Crippen LogP contribution in [0, 0.1) is 0 Å². The van der Waals surface area contributed by atoms with Crippen molar-refractivity contribution in [1.82, 2.24) is 5.16 Å². The van der Waals surface area contributed by atoms with Crippen molar-refractivity contribution in [2.45, 2.75) is 13.0 Å². The summed E-state index contributed by atoms with van der Waals surface area (Å²) in [5.74, 6) is -1.16. The Labute approximate surface area is 146 Å². The third-order valence-electron chi connectivity index (χ3n) is 3.53. The van der Waals surface area contributed by atoms with Crippen LogP contribution in [-0.4, -0.2) is 30.1 Å². The molecule has 134 valence electrons. The number of esters is 1. The third kappa shape index (κ3) is 4.21. The Balaban J connectivity index is 1.54. The first-order chi connectivity index (χ1) is 12.5. The number of nitrogens with zero attached hydrogens (tertiary/aromatic N) is 1. The molecule has 3 aromatic rings. The first kappa shape index (κ1) is 17.5. The summed E-state index contributed by atoms with van der Waals surface area (Å²) in [4.78, 5) is 23.9. The van der Waals surface area contributed by atoms with Gasteiger partial charge in [-0.15, -0.1) is 0 Å². The summed E-state index contributed by atoms with van der Waals surface area (Å²) in [6, 6.07) is 12.2. The van der Waals surface area contributed by atoms with E-state index in [2.05, 4.69) is 9.89 Å². The van der Waals surface area contributed by atoms with E-state index in [4.69, 9.17) is 9.26 Å². The van der Waals surface area contributed by atoms with Crippen molar-refractivity contribution in [3.63, 3.8) is 0 Å². The number of ether oxygens (including phenoxy) is 2. The standard InChI is InChI=1S/C18H13F2NO5/c19-18(20)25-12-7-5-11(6-8-12)15(22)10-24-17(23)9-14-13-3-1-2-4-16(13)26-21-14/h1-8,18H,9-10H2. The largest absolute Gasteiger partial charge is 0.457 e.